The summed E-state index contributed by atoms with van der Waals surface area (Å²) in [6, 6.07) is 66.7. The van der Waals surface area contributed by atoms with E-state index < -0.39 is 0 Å². The van der Waals surface area contributed by atoms with Crippen LogP contribution in [0.4, 0.5) is 0 Å². The second-order valence-corrected chi connectivity index (χ2v) is 15.5. The minimum Gasteiger partial charge on any atom is -0.309 e. The van der Waals surface area contributed by atoms with Crippen molar-refractivity contribution < 1.29 is 0 Å². The van der Waals surface area contributed by atoms with E-state index in [9.17, 15) is 0 Å². The molecule has 0 saturated heterocycles. The molecule has 12 rings (SSSR count). The van der Waals surface area contributed by atoms with Crippen LogP contribution in [-0.4, -0.2) is 24.1 Å². The maximum atomic E-state index is 5.02. The van der Waals surface area contributed by atoms with Gasteiger partial charge in [0.25, 0.3) is 0 Å². The minimum atomic E-state index is 0.636. The molecule has 0 radical (unpaired) electrons. The number of thiophene rings is 1. The topological polar surface area (TPSA) is 48.5 Å². The largest absolute Gasteiger partial charge is 0.309 e. The third-order valence-corrected chi connectivity index (χ3v) is 12.4. The molecule has 0 spiro atoms. The molecular weight excluding hydrogens is 715 g/mol. The Morgan fingerprint density at radius 1 is 0.333 bits per heavy atom. The molecule has 5 nitrogen and oxygen atoms in total. The van der Waals surface area contributed by atoms with E-state index in [1.807, 2.05) is 72.0 Å². The van der Waals surface area contributed by atoms with Gasteiger partial charge in [-0.1, -0.05) is 133 Å². The average molecular weight is 746 g/mol. The van der Waals surface area contributed by atoms with Crippen LogP contribution in [-0.2, 0) is 0 Å². The summed E-state index contributed by atoms with van der Waals surface area (Å²) >= 11 is 1.87. The number of nitrogens with zero attached hydrogens (tertiary/aromatic N) is 5. The molecule has 266 valence electrons. The third kappa shape index (κ3) is 4.98. The first kappa shape index (κ1) is 31.9. The average Bonchev–Trinajstić information content (AvgIpc) is 3.94. The van der Waals surface area contributed by atoms with E-state index in [1.165, 1.54) is 58.3 Å². The van der Waals surface area contributed by atoms with Crippen molar-refractivity contribution in [3.8, 4) is 45.5 Å². The van der Waals surface area contributed by atoms with Crippen LogP contribution in [0.1, 0.15) is 0 Å². The number of benzene rings is 8. The zero-order valence-corrected chi connectivity index (χ0v) is 31.4. The number of hydrogen-bond acceptors (Lipinski definition) is 4. The van der Waals surface area contributed by atoms with Crippen LogP contribution < -0.4 is 0 Å². The SMILES string of the molecule is c1ccc(-c2nc(-c3ccccc3)nc(-c3ccc(-n4c5cc(-n6c7ccccc7c7ccccc76)ccc5c5ccc6c7ccccc7sc6c54)cc3)n2)cc1. The number of fused-ring (bicyclic) bond motifs is 10. The molecular formula is C51H31N5S. The van der Waals surface area contributed by atoms with Crippen molar-refractivity contribution in [3.63, 3.8) is 0 Å². The summed E-state index contributed by atoms with van der Waals surface area (Å²) in [5.41, 5.74) is 9.78. The van der Waals surface area contributed by atoms with Crippen molar-refractivity contribution in [2.75, 3.05) is 0 Å². The fraction of sp³-hybridized carbons (Fsp3) is 0. The van der Waals surface area contributed by atoms with Crippen molar-refractivity contribution in [2.45, 2.75) is 0 Å². The van der Waals surface area contributed by atoms with Crippen molar-refractivity contribution >= 4 is 75.1 Å². The molecule has 0 aliphatic carbocycles. The lowest BCUT2D eigenvalue weighted by Crippen LogP contribution is -2.00. The molecule has 4 aromatic heterocycles. The van der Waals surface area contributed by atoms with Crippen LogP contribution in [0.25, 0.3) is 109 Å². The molecule has 0 amide bonds. The van der Waals surface area contributed by atoms with Gasteiger partial charge in [-0.15, -0.1) is 11.3 Å². The molecule has 8 aromatic carbocycles. The first-order valence-corrected chi connectivity index (χ1v) is 19.9. The van der Waals surface area contributed by atoms with Crippen LogP contribution in [0.15, 0.2) is 188 Å². The highest BCUT2D eigenvalue weighted by Gasteiger charge is 2.20. The zero-order chi connectivity index (χ0) is 37.5. The fourth-order valence-corrected chi connectivity index (χ4v) is 9.81. The van der Waals surface area contributed by atoms with Gasteiger partial charge in [-0.25, -0.2) is 15.0 Å². The summed E-state index contributed by atoms with van der Waals surface area (Å²) in [4.78, 5) is 14.9. The first-order valence-electron chi connectivity index (χ1n) is 19.1. The summed E-state index contributed by atoms with van der Waals surface area (Å²) < 4.78 is 7.43. The van der Waals surface area contributed by atoms with E-state index in [2.05, 4.69) is 137 Å². The van der Waals surface area contributed by atoms with Crippen molar-refractivity contribution in [1.82, 2.24) is 24.1 Å². The van der Waals surface area contributed by atoms with E-state index in [1.54, 1.807) is 0 Å². The van der Waals surface area contributed by atoms with E-state index in [0.717, 1.165) is 33.6 Å². The Hall–Kier alpha value is -7.41. The molecule has 0 atom stereocenters. The van der Waals surface area contributed by atoms with Crippen LogP contribution in [0.2, 0.25) is 0 Å². The predicted molar refractivity (Wildman–Crippen MR) is 238 cm³/mol. The lowest BCUT2D eigenvalue weighted by molar-refractivity contribution is 1.07. The van der Waals surface area contributed by atoms with Gasteiger partial charge < -0.3 is 9.13 Å². The van der Waals surface area contributed by atoms with Gasteiger partial charge in [-0.2, -0.15) is 0 Å². The van der Waals surface area contributed by atoms with Gasteiger partial charge in [-0.05, 0) is 54.6 Å². The van der Waals surface area contributed by atoms with Crippen LogP contribution in [0.5, 0.6) is 0 Å². The Morgan fingerprint density at radius 3 is 1.44 bits per heavy atom. The molecule has 0 aliphatic heterocycles. The van der Waals surface area contributed by atoms with Gasteiger partial charge in [0, 0.05) is 65.1 Å². The molecule has 0 N–H and O–H groups in total. The summed E-state index contributed by atoms with van der Waals surface area (Å²) in [5.74, 6) is 1.93. The number of hydrogen-bond donors (Lipinski definition) is 0. The molecule has 0 unspecified atom stereocenters. The second-order valence-electron chi connectivity index (χ2n) is 14.4. The second kappa shape index (κ2) is 12.6. The quantitative estimate of drug-likeness (QED) is 0.176. The molecule has 12 aromatic rings. The highest BCUT2D eigenvalue weighted by molar-refractivity contribution is 7.26. The maximum absolute atomic E-state index is 5.02. The Bertz CT molecular complexity index is 3400. The fourth-order valence-electron chi connectivity index (χ4n) is 8.57. The standard InChI is InChI=1S/C51H31N5S/c1-3-13-32(14-4-1)49-52-50(33-15-5-2-6-16-33)54-51(53-49)34-23-25-35(26-24-34)56-45-31-36(55-43-20-10-7-17-37(43)38-18-8-11-21-44(38)55)27-28-39(45)41-29-30-42-40-19-9-12-22-46(40)57-48(42)47(41)56/h1-31H. The predicted octanol–water partition coefficient (Wildman–Crippen LogP) is 13.4. The Kier molecular flexibility index (Phi) is 7.03. The smallest absolute Gasteiger partial charge is 0.164 e. The highest BCUT2D eigenvalue weighted by atomic mass is 32.1. The van der Waals surface area contributed by atoms with Crippen molar-refractivity contribution in [2.24, 2.45) is 0 Å². The molecule has 0 bridgehead atoms. The van der Waals surface area contributed by atoms with Crippen LogP contribution in [0, 0.1) is 0 Å². The number of para-hydroxylation sites is 2. The maximum Gasteiger partial charge on any atom is 0.164 e. The van der Waals surface area contributed by atoms with E-state index >= 15 is 0 Å². The molecule has 4 heterocycles. The van der Waals surface area contributed by atoms with Crippen molar-refractivity contribution in [3.05, 3.63) is 188 Å². The molecule has 57 heavy (non-hydrogen) atoms. The lowest BCUT2D eigenvalue weighted by Gasteiger charge is -2.12. The van der Waals surface area contributed by atoms with Crippen LogP contribution >= 0.6 is 11.3 Å². The van der Waals surface area contributed by atoms with Gasteiger partial charge in [-0.3, -0.25) is 0 Å². The molecule has 0 fully saturated rings. The number of rotatable bonds is 5. The van der Waals surface area contributed by atoms with Gasteiger partial charge in [0.1, 0.15) is 0 Å². The van der Waals surface area contributed by atoms with Gasteiger partial charge in [0.05, 0.1) is 26.8 Å². The lowest BCUT2D eigenvalue weighted by atomic mass is 10.1. The zero-order valence-electron chi connectivity index (χ0n) is 30.5. The van der Waals surface area contributed by atoms with E-state index in [-0.39, 0.29) is 0 Å². The minimum absolute atomic E-state index is 0.636. The normalized spacial score (nSPS) is 11.9. The Morgan fingerprint density at radius 2 is 0.807 bits per heavy atom. The Balaban J connectivity index is 1.09. The Labute approximate surface area is 331 Å². The van der Waals surface area contributed by atoms with E-state index in [0.29, 0.717) is 17.5 Å². The first-order chi connectivity index (χ1) is 28.3. The van der Waals surface area contributed by atoms with Gasteiger partial charge in [0.2, 0.25) is 0 Å². The summed E-state index contributed by atoms with van der Waals surface area (Å²) in [7, 11) is 0. The monoisotopic (exact) mass is 745 g/mol. The highest BCUT2D eigenvalue weighted by Crippen LogP contribution is 2.44. The summed E-state index contributed by atoms with van der Waals surface area (Å²) in [5, 5.41) is 7.52. The summed E-state index contributed by atoms with van der Waals surface area (Å²) in [6.07, 6.45) is 0. The molecule has 6 heteroatoms. The molecule has 0 aliphatic rings. The molecule has 0 saturated carbocycles. The number of aromatic nitrogens is 5. The third-order valence-electron chi connectivity index (χ3n) is 11.2. The van der Waals surface area contributed by atoms with Crippen molar-refractivity contribution in [1.29, 1.82) is 0 Å². The van der Waals surface area contributed by atoms with Gasteiger partial charge >= 0.3 is 0 Å². The van der Waals surface area contributed by atoms with Crippen LogP contribution in [0.3, 0.4) is 0 Å². The van der Waals surface area contributed by atoms with Gasteiger partial charge in [0.15, 0.2) is 17.5 Å². The summed E-state index contributed by atoms with van der Waals surface area (Å²) in [6.45, 7) is 0. The van der Waals surface area contributed by atoms with E-state index in [4.69, 9.17) is 15.0 Å².